The van der Waals surface area contributed by atoms with E-state index in [4.69, 9.17) is 4.74 Å². The van der Waals surface area contributed by atoms with Gasteiger partial charge in [0.15, 0.2) is 0 Å². The van der Waals surface area contributed by atoms with Gasteiger partial charge in [0.25, 0.3) is 5.91 Å². The Morgan fingerprint density at radius 2 is 1.89 bits per heavy atom. The third-order valence-corrected chi connectivity index (χ3v) is 7.03. The van der Waals surface area contributed by atoms with Gasteiger partial charge in [0, 0.05) is 37.0 Å². The third kappa shape index (κ3) is 6.42. The first kappa shape index (κ1) is 27.4. The Morgan fingerprint density at radius 3 is 2.66 bits per heavy atom. The molecule has 0 spiro atoms. The second-order valence-corrected chi connectivity index (χ2v) is 10.5. The third-order valence-electron chi connectivity index (χ3n) is 7.03. The Labute approximate surface area is 223 Å². The summed E-state index contributed by atoms with van der Waals surface area (Å²) >= 11 is 0. The molecule has 204 valence electrons. The number of allylic oxidation sites excluding steroid dienone is 1. The molecular weight excluding hydrogens is 484 g/mol. The molecule has 0 aliphatic carbocycles. The summed E-state index contributed by atoms with van der Waals surface area (Å²) in [6.45, 7) is 12.5. The number of rotatable bonds is 1. The summed E-state index contributed by atoms with van der Waals surface area (Å²) in [6.07, 6.45) is 5.07. The molecule has 1 saturated heterocycles. The topological polar surface area (TPSA) is 118 Å². The lowest BCUT2D eigenvalue weighted by atomic mass is 10.0. The Hall–Kier alpha value is -3.66. The highest BCUT2D eigenvalue weighted by Gasteiger charge is 2.33. The van der Waals surface area contributed by atoms with Crippen LogP contribution in [0.1, 0.15) is 58.6 Å². The molecule has 2 aliphatic heterocycles. The number of esters is 1. The first-order chi connectivity index (χ1) is 18.1. The van der Waals surface area contributed by atoms with Crippen molar-refractivity contribution in [3.63, 3.8) is 0 Å². The fraction of sp³-hybridized carbons (Fsp3) is 0.500. The van der Waals surface area contributed by atoms with Crippen LogP contribution in [0.3, 0.4) is 0 Å². The van der Waals surface area contributed by atoms with E-state index in [1.807, 2.05) is 55.9 Å². The highest BCUT2D eigenvalue weighted by atomic mass is 16.5. The van der Waals surface area contributed by atoms with E-state index in [2.05, 4.69) is 27.7 Å². The van der Waals surface area contributed by atoms with Crippen molar-refractivity contribution in [2.24, 2.45) is 5.92 Å². The van der Waals surface area contributed by atoms with E-state index < -0.39 is 30.2 Å². The standard InChI is InChI=1S/C28H38N6O4/c1-17(2)25-26(35)31-19(4)27(36)34-12-7-10-24(32-34)28(37)38-20(5)21-8-6-9-22(14-21)23-15-29-33(16-23)13-11-18(3)30-25/h6,8-9,14-17,19-20,24-25,30,32H,3,7,10-13H2,1-2,4-5H3,(H,31,35)/t19-,20+,24-,25-/m0/s1. The number of benzene rings is 1. The van der Waals surface area contributed by atoms with Crippen molar-refractivity contribution in [1.29, 1.82) is 0 Å². The van der Waals surface area contributed by atoms with Crippen LogP contribution in [0, 0.1) is 5.92 Å². The first-order valence-electron chi connectivity index (χ1n) is 13.3. The molecule has 0 saturated carbocycles. The van der Waals surface area contributed by atoms with E-state index in [1.165, 1.54) is 5.01 Å². The maximum atomic E-state index is 13.2. The lowest BCUT2D eigenvalue weighted by Crippen LogP contribution is -2.60. The van der Waals surface area contributed by atoms with Crippen LogP contribution in [0.5, 0.6) is 0 Å². The number of carbonyl (C=O) groups excluding carboxylic acids is 3. The van der Waals surface area contributed by atoms with Crippen molar-refractivity contribution >= 4 is 17.8 Å². The summed E-state index contributed by atoms with van der Waals surface area (Å²) in [7, 11) is 0. The number of hydrogen-bond acceptors (Lipinski definition) is 7. The molecule has 0 unspecified atom stereocenters. The molecule has 3 heterocycles. The maximum Gasteiger partial charge on any atom is 0.325 e. The normalized spacial score (nSPS) is 25.8. The second kappa shape index (κ2) is 11.8. The van der Waals surface area contributed by atoms with E-state index in [0.29, 0.717) is 38.0 Å². The number of fused-ring (bicyclic) bond motifs is 7. The Balaban J connectivity index is 1.61. The van der Waals surface area contributed by atoms with Crippen LogP contribution in [-0.2, 0) is 25.7 Å². The summed E-state index contributed by atoms with van der Waals surface area (Å²) < 4.78 is 7.63. The number of cyclic esters (lactones) is 1. The highest BCUT2D eigenvalue weighted by Crippen LogP contribution is 2.26. The van der Waals surface area contributed by atoms with Crippen molar-refractivity contribution in [2.45, 2.75) is 77.7 Å². The molecule has 38 heavy (non-hydrogen) atoms. The predicted octanol–water partition coefficient (Wildman–Crippen LogP) is 2.69. The highest BCUT2D eigenvalue weighted by molar-refractivity contribution is 5.90. The molecule has 2 aromatic rings. The Morgan fingerprint density at radius 1 is 1.11 bits per heavy atom. The molecule has 0 radical (unpaired) electrons. The molecule has 3 N–H and O–H groups in total. The van der Waals surface area contributed by atoms with Crippen molar-refractivity contribution in [3.8, 4) is 11.1 Å². The van der Waals surface area contributed by atoms with Gasteiger partial charge in [-0.3, -0.25) is 24.1 Å². The zero-order valence-corrected chi connectivity index (χ0v) is 22.6. The Kier molecular flexibility index (Phi) is 8.51. The number of hydrazine groups is 1. The van der Waals surface area contributed by atoms with Gasteiger partial charge in [0.05, 0.1) is 6.20 Å². The summed E-state index contributed by atoms with van der Waals surface area (Å²) in [6, 6.07) is 5.87. The van der Waals surface area contributed by atoms with Gasteiger partial charge in [0.2, 0.25) is 5.91 Å². The molecule has 1 aromatic carbocycles. The van der Waals surface area contributed by atoms with Gasteiger partial charge in [-0.1, -0.05) is 38.6 Å². The summed E-state index contributed by atoms with van der Waals surface area (Å²) in [5, 5.41) is 12.0. The second-order valence-electron chi connectivity index (χ2n) is 10.5. The average molecular weight is 523 g/mol. The molecule has 10 heteroatoms. The molecule has 2 aliphatic rings. The van der Waals surface area contributed by atoms with Crippen LogP contribution in [0.25, 0.3) is 11.1 Å². The van der Waals surface area contributed by atoms with Gasteiger partial charge in [0.1, 0.15) is 24.2 Å². The van der Waals surface area contributed by atoms with Crippen molar-refractivity contribution in [1.82, 2.24) is 30.8 Å². The van der Waals surface area contributed by atoms with Crippen LogP contribution in [0.2, 0.25) is 0 Å². The van der Waals surface area contributed by atoms with E-state index in [1.54, 1.807) is 13.1 Å². The van der Waals surface area contributed by atoms with Crippen molar-refractivity contribution in [2.75, 3.05) is 6.54 Å². The average Bonchev–Trinajstić information content (AvgIpc) is 3.38. The van der Waals surface area contributed by atoms with Gasteiger partial charge in [-0.05, 0) is 49.8 Å². The number of carbonyl (C=O) groups is 3. The van der Waals surface area contributed by atoms with Crippen molar-refractivity contribution < 1.29 is 19.1 Å². The van der Waals surface area contributed by atoms with Crippen LogP contribution < -0.4 is 16.1 Å². The lowest BCUT2D eigenvalue weighted by Gasteiger charge is -2.35. The summed E-state index contributed by atoms with van der Waals surface area (Å²) in [5.74, 6) is -1.04. The number of aromatic nitrogens is 2. The van der Waals surface area contributed by atoms with Gasteiger partial charge in [-0.15, -0.1) is 0 Å². The van der Waals surface area contributed by atoms with Gasteiger partial charge in [-0.25, -0.2) is 5.43 Å². The summed E-state index contributed by atoms with van der Waals surface area (Å²) in [4.78, 5) is 39.3. The Bertz CT molecular complexity index is 1190. The molecule has 4 rings (SSSR count). The van der Waals surface area contributed by atoms with E-state index in [-0.39, 0.29) is 17.7 Å². The smallest absolute Gasteiger partial charge is 0.325 e. The SMILES string of the molecule is C=C1CCn2cc(cn2)-c2cccc(c2)[C@@H](C)OC(=O)[C@@H]2CCCN(N2)C(=O)[C@H](C)NC(=O)[C@H](C(C)C)N1. The molecule has 1 aromatic heterocycles. The number of nitrogens with zero attached hydrogens (tertiary/aromatic N) is 3. The van der Waals surface area contributed by atoms with Crippen LogP contribution >= 0.6 is 0 Å². The quantitative estimate of drug-likeness (QED) is 0.493. The van der Waals surface area contributed by atoms with E-state index in [0.717, 1.165) is 16.7 Å². The molecule has 1 fully saturated rings. The number of amides is 2. The van der Waals surface area contributed by atoms with Crippen LogP contribution in [-0.4, -0.2) is 57.2 Å². The maximum absolute atomic E-state index is 13.2. The number of ether oxygens (including phenoxy) is 1. The molecular formula is C28H38N6O4. The molecule has 6 bridgehead atoms. The zero-order valence-electron chi connectivity index (χ0n) is 22.6. The lowest BCUT2D eigenvalue weighted by molar-refractivity contribution is -0.157. The number of nitrogens with one attached hydrogen (secondary N) is 3. The van der Waals surface area contributed by atoms with Gasteiger partial charge >= 0.3 is 5.97 Å². The minimum absolute atomic E-state index is 0.0338. The molecule has 2 amide bonds. The zero-order chi connectivity index (χ0) is 27.4. The summed E-state index contributed by atoms with van der Waals surface area (Å²) in [5.41, 5.74) is 6.52. The molecule has 4 atom stereocenters. The van der Waals surface area contributed by atoms with E-state index >= 15 is 0 Å². The number of hydrogen-bond donors (Lipinski definition) is 3. The molecule has 10 nitrogen and oxygen atoms in total. The fourth-order valence-corrected chi connectivity index (χ4v) is 4.72. The van der Waals surface area contributed by atoms with Gasteiger partial charge < -0.3 is 15.4 Å². The van der Waals surface area contributed by atoms with Crippen LogP contribution in [0.15, 0.2) is 48.9 Å². The minimum atomic E-state index is -0.778. The monoisotopic (exact) mass is 522 g/mol. The minimum Gasteiger partial charge on any atom is -0.457 e. The number of aryl methyl sites for hydroxylation is 1. The fourth-order valence-electron chi connectivity index (χ4n) is 4.72. The predicted molar refractivity (Wildman–Crippen MR) is 143 cm³/mol. The largest absolute Gasteiger partial charge is 0.457 e. The van der Waals surface area contributed by atoms with E-state index in [9.17, 15) is 14.4 Å². The van der Waals surface area contributed by atoms with Crippen LogP contribution in [0.4, 0.5) is 0 Å². The first-order valence-corrected chi connectivity index (χ1v) is 13.3. The van der Waals surface area contributed by atoms with Crippen molar-refractivity contribution in [3.05, 3.63) is 54.5 Å². The van der Waals surface area contributed by atoms with Gasteiger partial charge in [-0.2, -0.15) is 5.10 Å².